The number of halogens is 1. The van der Waals surface area contributed by atoms with Crippen LogP contribution in [0.4, 0.5) is 5.82 Å². The highest BCUT2D eigenvalue weighted by molar-refractivity contribution is 7.13. The molecule has 1 aromatic carbocycles. The summed E-state index contributed by atoms with van der Waals surface area (Å²) in [6.07, 6.45) is 0. The monoisotopic (exact) mass is 351 g/mol. The zero-order chi connectivity index (χ0) is 16.7. The number of rotatable bonds is 2. The summed E-state index contributed by atoms with van der Waals surface area (Å²) in [6.45, 7) is 0. The van der Waals surface area contributed by atoms with Crippen LogP contribution in [0, 0.1) is 11.3 Å². The van der Waals surface area contributed by atoms with Crippen LogP contribution in [0.15, 0.2) is 47.8 Å². The number of anilines is 1. The Kier molecular flexibility index (Phi) is 3.45. The van der Waals surface area contributed by atoms with Crippen molar-refractivity contribution in [3.8, 4) is 27.9 Å². The third-order valence-electron chi connectivity index (χ3n) is 3.64. The number of benzene rings is 1. The second-order valence-electron chi connectivity index (χ2n) is 5.12. The summed E-state index contributed by atoms with van der Waals surface area (Å²) < 4.78 is 1.50. The molecule has 4 rings (SSSR count). The molecule has 2 N–H and O–H groups in total. The van der Waals surface area contributed by atoms with Gasteiger partial charge in [-0.2, -0.15) is 14.9 Å². The summed E-state index contributed by atoms with van der Waals surface area (Å²) in [5.41, 5.74) is 9.31. The predicted octanol–water partition coefficient (Wildman–Crippen LogP) is 4.23. The average molecular weight is 352 g/mol. The molecule has 0 saturated carbocycles. The van der Waals surface area contributed by atoms with Crippen LogP contribution >= 0.6 is 22.9 Å². The Bertz CT molecular complexity index is 1080. The van der Waals surface area contributed by atoms with Gasteiger partial charge in [0.2, 0.25) is 0 Å². The van der Waals surface area contributed by atoms with E-state index in [0.29, 0.717) is 21.9 Å². The van der Waals surface area contributed by atoms with Gasteiger partial charge >= 0.3 is 0 Å². The maximum absolute atomic E-state index is 9.49. The van der Waals surface area contributed by atoms with Crippen molar-refractivity contribution < 1.29 is 0 Å². The molecule has 0 fully saturated rings. The molecule has 4 aromatic rings. The smallest absolute Gasteiger partial charge is 0.158 e. The Balaban J connectivity index is 1.96. The van der Waals surface area contributed by atoms with Crippen LogP contribution in [0.2, 0.25) is 5.02 Å². The van der Waals surface area contributed by atoms with Crippen LogP contribution in [0.1, 0.15) is 5.56 Å². The second kappa shape index (κ2) is 5.64. The first kappa shape index (κ1) is 14.7. The summed E-state index contributed by atoms with van der Waals surface area (Å²) in [5.74, 6) is 0.283. The molecule has 0 atom stereocenters. The minimum atomic E-state index is 0.283. The van der Waals surface area contributed by atoms with E-state index < -0.39 is 0 Å². The molecule has 0 aliphatic rings. The SMILES string of the molecule is N#Cc1c(-c2cccs2)nc2cc(-c3ccc(Cl)cc3)nn2c1N. The number of fused-ring (bicyclic) bond motifs is 1. The molecule has 7 heteroatoms. The topological polar surface area (TPSA) is 80.0 Å². The number of aromatic nitrogens is 3. The third kappa shape index (κ3) is 2.31. The van der Waals surface area contributed by atoms with Crippen LogP contribution in [0.3, 0.4) is 0 Å². The fourth-order valence-electron chi connectivity index (χ4n) is 2.49. The fourth-order valence-corrected chi connectivity index (χ4v) is 3.34. The van der Waals surface area contributed by atoms with Crippen LogP contribution in [0.5, 0.6) is 0 Å². The number of nitriles is 1. The van der Waals surface area contributed by atoms with Crippen LogP contribution in [0.25, 0.3) is 27.5 Å². The molecule has 3 heterocycles. The molecule has 0 aliphatic carbocycles. The highest BCUT2D eigenvalue weighted by Gasteiger charge is 2.17. The van der Waals surface area contributed by atoms with E-state index in [1.807, 2.05) is 35.7 Å². The summed E-state index contributed by atoms with van der Waals surface area (Å²) in [7, 11) is 0. The number of nitrogens with zero attached hydrogens (tertiary/aromatic N) is 4. The summed E-state index contributed by atoms with van der Waals surface area (Å²) in [5, 5.41) is 16.6. The van der Waals surface area contributed by atoms with Gasteiger partial charge < -0.3 is 5.73 Å². The van der Waals surface area contributed by atoms with Crippen molar-refractivity contribution in [2.75, 3.05) is 5.73 Å². The quantitative estimate of drug-likeness (QED) is 0.586. The molecular formula is C17H10ClN5S. The van der Waals surface area contributed by atoms with Crippen molar-refractivity contribution in [1.29, 1.82) is 5.26 Å². The lowest BCUT2D eigenvalue weighted by Crippen LogP contribution is -2.05. The largest absolute Gasteiger partial charge is 0.382 e. The standard InChI is InChI=1S/C17H10ClN5S/c18-11-5-3-10(4-6-11)13-8-15-21-16(14-2-1-7-24-14)12(9-19)17(20)23(15)22-13/h1-8H,20H2. The molecule has 0 radical (unpaired) electrons. The number of hydrogen-bond donors (Lipinski definition) is 1. The van der Waals surface area contributed by atoms with Gasteiger partial charge in [-0.05, 0) is 23.6 Å². The van der Waals surface area contributed by atoms with Crippen LogP contribution in [-0.4, -0.2) is 14.6 Å². The first-order valence-electron chi connectivity index (χ1n) is 7.06. The highest BCUT2D eigenvalue weighted by atomic mass is 35.5. The molecule has 0 unspecified atom stereocenters. The molecule has 0 aliphatic heterocycles. The predicted molar refractivity (Wildman–Crippen MR) is 95.9 cm³/mol. The minimum absolute atomic E-state index is 0.283. The molecule has 0 amide bonds. The van der Waals surface area contributed by atoms with Gasteiger partial charge in [-0.1, -0.05) is 29.8 Å². The van der Waals surface area contributed by atoms with Gasteiger partial charge in [-0.3, -0.25) is 0 Å². The lowest BCUT2D eigenvalue weighted by atomic mass is 10.1. The van der Waals surface area contributed by atoms with E-state index in [2.05, 4.69) is 16.2 Å². The number of nitrogens with two attached hydrogens (primary N) is 1. The summed E-state index contributed by atoms with van der Waals surface area (Å²) in [6, 6.07) is 15.2. The van der Waals surface area contributed by atoms with Crippen molar-refractivity contribution in [1.82, 2.24) is 14.6 Å². The summed E-state index contributed by atoms with van der Waals surface area (Å²) in [4.78, 5) is 5.49. The lowest BCUT2D eigenvalue weighted by molar-refractivity contribution is 0.954. The molecule has 0 bridgehead atoms. The molecule has 24 heavy (non-hydrogen) atoms. The zero-order valence-electron chi connectivity index (χ0n) is 12.3. The molecule has 116 valence electrons. The maximum atomic E-state index is 9.49. The van der Waals surface area contributed by atoms with Crippen molar-refractivity contribution in [2.45, 2.75) is 0 Å². The van der Waals surface area contributed by atoms with Crippen molar-refractivity contribution in [3.05, 3.63) is 58.4 Å². The molecule has 0 saturated heterocycles. The Hall–Kier alpha value is -2.88. The van der Waals surface area contributed by atoms with Crippen molar-refractivity contribution >= 4 is 34.4 Å². The van der Waals surface area contributed by atoms with E-state index in [-0.39, 0.29) is 5.82 Å². The molecule has 5 nitrogen and oxygen atoms in total. The van der Waals surface area contributed by atoms with Crippen LogP contribution in [-0.2, 0) is 0 Å². The van der Waals surface area contributed by atoms with Crippen molar-refractivity contribution in [2.24, 2.45) is 0 Å². The van der Waals surface area contributed by atoms with E-state index in [1.54, 1.807) is 12.1 Å². The number of thiophene rings is 1. The average Bonchev–Trinajstić information content (AvgIpc) is 3.25. The second-order valence-corrected chi connectivity index (χ2v) is 6.50. The van der Waals surface area contributed by atoms with Gasteiger partial charge in [0.05, 0.1) is 10.6 Å². The van der Waals surface area contributed by atoms with E-state index in [1.165, 1.54) is 15.9 Å². The molecule has 0 spiro atoms. The Morgan fingerprint density at radius 2 is 2.00 bits per heavy atom. The van der Waals surface area contributed by atoms with Crippen LogP contribution < -0.4 is 5.73 Å². The Morgan fingerprint density at radius 1 is 1.21 bits per heavy atom. The maximum Gasteiger partial charge on any atom is 0.158 e. The van der Waals surface area contributed by atoms with Gasteiger partial charge in [0.25, 0.3) is 0 Å². The summed E-state index contributed by atoms with van der Waals surface area (Å²) >= 11 is 7.44. The van der Waals surface area contributed by atoms with Crippen molar-refractivity contribution in [3.63, 3.8) is 0 Å². The van der Waals surface area contributed by atoms with Gasteiger partial charge in [0, 0.05) is 16.7 Å². The van der Waals surface area contributed by atoms with Gasteiger partial charge in [-0.25, -0.2) is 4.98 Å². The Labute approximate surface area is 146 Å². The first-order chi connectivity index (χ1) is 11.7. The number of hydrogen-bond acceptors (Lipinski definition) is 5. The fraction of sp³-hybridized carbons (Fsp3) is 0. The van der Waals surface area contributed by atoms with E-state index in [4.69, 9.17) is 17.3 Å². The molecular weight excluding hydrogens is 342 g/mol. The van der Waals surface area contributed by atoms with E-state index in [0.717, 1.165) is 16.1 Å². The van der Waals surface area contributed by atoms with Gasteiger partial charge in [-0.15, -0.1) is 11.3 Å². The first-order valence-corrected chi connectivity index (χ1v) is 8.32. The van der Waals surface area contributed by atoms with E-state index >= 15 is 0 Å². The van der Waals surface area contributed by atoms with Gasteiger partial charge in [0.15, 0.2) is 5.65 Å². The molecule has 3 aromatic heterocycles. The van der Waals surface area contributed by atoms with Gasteiger partial charge in [0.1, 0.15) is 23.1 Å². The normalized spacial score (nSPS) is 10.8. The van der Waals surface area contributed by atoms with E-state index in [9.17, 15) is 5.26 Å². The highest BCUT2D eigenvalue weighted by Crippen LogP contribution is 2.31. The Morgan fingerprint density at radius 3 is 2.67 bits per heavy atom. The number of nitrogen functional groups attached to an aromatic ring is 1. The minimum Gasteiger partial charge on any atom is -0.382 e. The zero-order valence-corrected chi connectivity index (χ0v) is 13.8. The third-order valence-corrected chi connectivity index (χ3v) is 4.77. The lowest BCUT2D eigenvalue weighted by Gasteiger charge is -2.05.